The quantitative estimate of drug-likeness (QED) is 0.295. The lowest BCUT2D eigenvalue weighted by atomic mass is 9.93. The van der Waals surface area contributed by atoms with Gasteiger partial charge in [0.05, 0.1) is 17.5 Å². The van der Waals surface area contributed by atoms with Crippen molar-refractivity contribution in [3.8, 4) is 5.75 Å². The van der Waals surface area contributed by atoms with E-state index in [1.807, 2.05) is 0 Å². The maximum Gasteiger partial charge on any atom is 0.409 e. The van der Waals surface area contributed by atoms with E-state index in [0.29, 0.717) is 19.4 Å². The molecule has 3 aliphatic rings. The number of aliphatic carboxylic acids is 1. The highest BCUT2D eigenvalue weighted by Gasteiger charge is 2.36. The Morgan fingerprint density at radius 2 is 1.72 bits per heavy atom. The van der Waals surface area contributed by atoms with Crippen LogP contribution in [0.5, 0.6) is 5.75 Å². The molecule has 15 nitrogen and oxygen atoms in total. The molecule has 2 saturated heterocycles. The van der Waals surface area contributed by atoms with Crippen molar-refractivity contribution in [1.29, 1.82) is 0 Å². The summed E-state index contributed by atoms with van der Waals surface area (Å²) in [6.07, 6.45) is 2.60. The molecule has 17 heteroatoms. The van der Waals surface area contributed by atoms with Crippen LogP contribution in [0.3, 0.4) is 0 Å². The van der Waals surface area contributed by atoms with Gasteiger partial charge in [-0.25, -0.2) is 18.6 Å². The van der Waals surface area contributed by atoms with Gasteiger partial charge in [0, 0.05) is 51.3 Å². The third-order valence-electron chi connectivity index (χ3n) is 9.11. The van der Waals surface area contributed by atoms with Gasteiger partial charge in [0.15, 0.2) is 18.2 Å². The predicted molar refractivity (Wildman–Crippen MR) is 171 cm³/mol. The lowest BCUT2D eigenvalue weighted by Crippen LogP contribution is -2.56. The van der Waals surface area contributed by atoms with Crippen molar-refractivity contribution >= 4 is 46.6 Å². The molecule has 5 amide bonds. The van der Waals surface area contributed by atoms with Gasteiger partial charge in [-0.15, -0.1) is 0 Å². The molecular weight excluding hydrogens is 662 g/mol. The second kappa shape index (κ2) is 16.1. The fraction of sp³-hybridized carbons (Fsp3) is 0.545. The monoisotopic (exact) mass is 702 g/mol. The number of nitrogens with zero attached hydrogens (tertiary/aromatic N) is 4. The maximum absolute atomic E-state index is 15.1. The zero-order chi connectivity index (χ0) is 35.9. The molecular formula is C33H40F2N6O9. The third-order valence-corrected chi connectivity index (χ3v) is 9.11. The van der Waals surface area contributed by atoms with Crippen molar-refractivity contribution in [1.82, 2.24) is 30.3 Å². The number of hydrogen-bond acceptors (Lipinski definition) is 9. The average Bonchev–Trinajstić information content (AvgIpc) is 3.58. The highest BCUT2D eigenvalue weighted by molar-refractivity contribution is 5.99. The summed E-state index contributed by atoms with van der Waals surface area (Å²) in [5, 5.41) is 14.3. The van der Waals surface area contributed by atoms with E-state index in [1.54, 1.807) is 6.92 Å². The Morgan fingerprint density at radius 1 is 1.00 bits per heavy atom. The summed E-state index contributed by atoms with van der Waals surface area (Å²) < 4.78 is 40.1. The summed E-state index contributed by atoms with van der Waals surface area (Å²) in [5.41, 5.74) is -0.549. The van der Waals surface area contributed by atoms with Crippen LogP contribution >= 0.6 is 0 Å². The molecule has 3 N–H and O–H groups in total. The van der Waals surface area contributed by atoms with Crippen LogP contribution < -0.4 is 15.4 Å². The molecule has 1 aromatic heterocycles. The van der Waals surface area contributed by atoms with Crippen LogP contribution in [-0.4, -0.2) is 125 Å². The van der Waals surface area contributed by atoms with E-state index < -0.39 is 71.9 Å². The number of carboxylic acids is 1. The molecule has 1 aliphatic carbocycles. The highest BCUT2D eigenvalue weighted by Crippen LogP contribution is 2.30. The van der Waals surface area contributed by atoms with E-state index in [9.17, 15) is 38.3 Å². The number of halogens is 2. The number of piperazine rings is 1. The summed E-state index contributed by atoms with van der Waals surface area (Å²) in [4.78, 5) is 84.9. The van der Waals surface area contributed by atoms with Crippen molar-refractivity contribution in [2.75, 3.05) is 45.9 Å². The van der Waals surface area contributed by atoms with Gasteiger partial charge in [0.1, 0.15) is 23.5 Å². The number of pyridine rings is 1. The lowest BCUT2D eigenvalue weighted by Gasteiger charge is -2.35. The highest BCUT2D eigenvalue weighted by atomic mass is 19.2. The molecule has 3 heterocycles. The molecule has 270 valence electrons. The second-order valence-electron chi connectivity index (χ2n) is 12.4. The molecule has 2 aromatic rings. The van der Waals surface area contributed by atoms with Gasteiger partial charge in [0.25, 0.3) is 11.8 Å². The van der Waals surface area contributed by atoms with Gasteiger partial charge in [0.2, 0.25) is 11.8 Å². The van der Waals surface area contributed by atoms with Crippen molar-refractivity contribution in [2.45, 2.75) is 70.0 Å². The molecule has 1 saturated carbocycles. The van der Waals surface area contributed by atoms with Crippen LogP contribution in [0, 0.1) is 11.6 Å². The number of aromatic nitrogens is 1. The topological polar surface area (TPSA) is 188 Å². The minimum Gasteiger partial charge on any atom is -0.483 e. The first-order chi connectivity index (χ1) is 24.0. The Morgan fingerprint density at radius 3 is 2.38 bits per heavy atom. The van der Waals surface area contributed by atoms with Crippen LogP contribution in [0.25, 0.3) is 10.9 Å². The number of carboxylic acid groups (broad SMARTS) is 1. The van der Waals surface area contributed by atoms with E-state index in [1.165, 1.54) is 14.7 Å². The SMILES string of the molecule is CCOC(=O)N1CCN(C(=O)C(CCC(=O)O)NC(=O)c2cc(OCC(=O)N3CCCC3C(=O)NC3CCC3)c3c(F)c(F)ccc3n2)CC1. The van der Waals surface area contributed by atoms with Gasteiger partial charge >= 0.3 is 12.1 Å². The first-order valence-corrected chi connectivity index (χ1v) is 16.7. The summed E-state index contributed by atoms with van der Waals surface area (Å²) >= 11 is 0. The van der Waals surface area contributed by atoms with Crippen LogP contribution in [0.4, 0.5) is 13.6 Å². The molecule has 0 spiro atoms. The maximum atomic E-state index is 15.1. The second-order valence-corrected chi connectivity index (χ2v) is 12.4. The predicted octanol–water partition coefficient (Wildman–Crippen LogP) is 1.82. The molecule has 2 aliphatic heterocycles. The Kier molecular flexibility index (Phi) is 11.6. The molecule has 2 atom stereocenters. The third kappa shape index (κ3) is 8.37. The molecule has 50 heavy (non-hydrogen) atoms. The van der Waals surface area contributed by atoms with Crippen LogP contribution in [0.1, 0.15) is 62.4 Å². The van der Waals surface area contributed by atoms with Crippen LogP contribution in [-0.2, 0) is 23.9 Å². The Hall–Kier alpha value is -5.09. The Labute approximate surface area is 286 Å². The number of ether oxygens (including phenoxy) is 2. The molecule has 2 unspecified atom stereocenters. The molecule has 5 rings (SSSR count). The summed E-state index contributed by atoms with van der Waals surface area (Å²) in [6, 6.07) is 1.03. The van der Waals surface area contributed by atoms with E-state index in [-0.39, 0.29) is 68.1 Å². The smallest absolute Gasteiger partial charge is 0.409 e. The van der Waals surface area contributed by atoms with E-state index in [4.69, 9.17) is 9.47 Å². The van der Waals surface area contributed by atoms with Gasteiger partial charge in [-0.3, -0.25) is 24.0 Å². The number of carbonyl (C=O) groups excluding carboxylic acids is 5. The van der Waals surface area contributed by atoms with Gasteiger partial charge in [-0.05, 0) is 57.6 Å². The van der Waals surface area contributed by atoms with E-state index in [2.05, 4.69) is 15.6 Å². The summed E-state index contributed by atoms with van der Waals surface area (Å²) in [5.74, 6) is -6.45. The molecule has 0 radical (unpaired) electrons. The number of carbonyl (C=O) groups is 6. The fourth-order valence-electron chi connectivity index (χ4n) is 6.17. The van der Waals surface area contributed by atoms with Crippen LogP contribution in [0.2, 0.25) is 0 Å². The van der Waals surface area contributed by atoms with Crippen molar-refractivity contribution < 1.29 is 52.1 Å². The lowest BCUT2D eigenvalue weighted by molar-refractivity contribution is -0.140. The zero-order valence-corrected chi connectivity index (χ0v) is 27.6. The van der Waals surface area contributed by atoms with Crippen molar-refractivity contribution in [2.24, 2.45) is 0 Å². The number of hydrogen-bond donors (Lipinski definition) is 3. The standard InChI is InChI=1S/C33H40F2N6O9/c1-2-49-33(48)40-15-13-39(14-16-40)32(47)22(10-11-27(43)44)38-30(45)23-17-25(28-21(37-23)9-8-20(34)29(28)35)50-18-26(42)41-12-4-7-24(41)31(46)36-19-5-3-6-19/h8-9,17,19,22,24H,2-7,10-16,18H2,1H3,(H,36,46)(H,38,45)(H,43,44). The first kappa shape index (κ1) is 36.2. The molecule has 0 bridgehead atoms. The number of amides is 5. The normalized spacial score (nSPS) is 18.3. The average molecular weight is 703 g/mol. The number of rotatable bonds is 12. The Bertz CT molecular complexity index is 1650. The number of fused-ring (bicyclic) bond motifs is 1. The minimum atomic E-state index is -1.32. The largest absolute Gasteiger partial charge is 0.483 e. The van der Waals surface area contributed by atoms with Crippen molar-refractivity contribution in [3.05, 3.63) is 35.5 Å². The van der Waals surface area contributed by atoms with Gasteiger partial charge in [-0.2, -0.15) is 0 Å². The molecule has 1 aromatic carbocycles. The molecule has 3 fully saturated rings. The number of nitrogens with one attached hydrogen (secondary N) is 2. The summed E-state index contributed by atoms with van der Waals surface area (Å²) in [7, 11) is 0. The van der Waals surface area contributed by atoms with E-state index in [0.717, 1.165) is 37.5 Å². The van der Waals surface area contributed by atoms with Gasteiger partial charge < -0.3 is 39.9 Å². The Balaban J connectivity index is 1.32. The number of likely N-dealkylation sites (tertiary alicyclic amines) is 1. The van der Waals surface area contributed by atoms with Crippen LogP contribution in [0.15, 0.2) is 18.2 Å². The zero-order valence-electron chi connectivity index (χ0n) is 27.6. The van der Waals surface area contributed by atoms with Gasteiger partial charge in [-0.1, -0.05) is 0 Å². The van der Waals surface area contributed by atoms with Crippen molar-refractivity contribution in [3.63, 3.8) is 0 Å². The fourth-order valence-corrected chi connectivity index (χ4v) is 6.17. The summed E-state index contributed by atoms with van der Waals surface area (Å²) in [6.45, 7) is 2.08. The minimum absolute atomic E-state index is 0.0856. The first-order valence-electron chi connectivity index (χ1n) is 16.7. The van der Waals surface area contributed by atoms with E-state index >= 15 is 4.39 Å². The number of benzene rings is 1.